The number of hydrogen-bond acceptors (Lipinski definition) is 5. The van der Waals surface area contributed by atoms with Crippen molar-refractivity contribution in [1.29, 1.82) is 0 Å². The molecule has 6 nitrogen and oxygen atoms in total. The van der Waals surface area contributed by atoms with Gasteiger partial charge in [0, 0.05) is 11.3 Å². The normalized spacial score (nSPS) is 11.8. The Bertz CT molecular complexity index is 1020. The van der Waals surface area contributed by atoms with E-state index >= 15 is 0 Å². The Hall–Kier alpha value is -2.93. The molecule has 27 heavy (non-hydrogen) atoms. The number of carbonyl (C=O) groups is 1. The van der Waals surface area contributed by atoms with Crippen molar-refractivity contribution in [2.45, 2.75) is 31.2 Å². The van der Waals surface area contributed by atoms with Crippen molar-refractivity contribution in [3.8, 4) is 11.3 Å². The van der Waals surface area contributed by atoms with Gasteiger partial charge in [-0.3, -0.25) is 14.6 Å². The Morgan fingerprint density at radius 2 is 1.81 bits per heavy atom. The van der Waals surface area contributed by atoms with Crippen molar-refractivity contribution in [3.05, 3.63) is 70.0 Å². The minimum atomic E-state index is -0.447. The predicted octanol–water partition coefficient (Wildman–Crippen LogP) is 3.57. The molecule has 3 aromatic rings. The Balaban J connectivity index is 1.71. The molecule has 2 N–H and O–H groups in total. The minimum Gasteiger partial charge on any atom is -0.325 e. The summed E-state index contributed by atoms with van der Waals surface area (Å²) in [5, 5.41) is 10.9. The molecule has 138 valence electrons. The molecular formula is C20H20N4O2S. The second-order valence-corrected chi connectivity index (χ2v) is 7.50. The Morgan fingerprint density at radius 1 is 1.07 bits per heavy atom. The number of nitrogens with one attached hydrogen (secondary N) is 2. The molecule has 0 spiro atoms. The van der Waals surface area contributed by atoms with Gasteiger partial charge in [-0.1, -0.05) is 54.2 Å². The Morgan fingerprint density at radius 3 is 2.52 bits per heavy atom. The van der Waals surface area contributed by atoms with Crippen LogP contribution in [-0.4, -0.2) is 26.3 Å². The molecule has 1 heterocycles. The molecule has 1 atom stereocenters. The smallest absolute Gasteiger partial charge is 0.278 e. The number of nitrogens with zero attached hydrogens (tertiary/aromatic N) is 2. The molecule has 2 aromatic carbocycles. The highest BCUT2D eigenvalue weighted by Gasteiger charge is 2.18. The highest BCUT2D eigenvalue weighted by molar-refractivity contribution is 8.00. The number of thioether (sulfide) groups is 1. The zero-order valence-electron chi connectivity index (χ0n) is 15.3. The average molecular weight is 380 g/mol. The van der Waals surface area contributed by atoms with Crippen LogP contribution in [0.5, 0.6) is 0 Å². The van der Waals surface area contributed by atoms with Crippen molar-refractivity contribution in [2.75, 3.05) is 5.32 Å². The standard InChI is InChI=1S/C20H20N4O2S/c1-12-8-7-11-16(13(12)2)21-18(25)14(3)27-20-22-19(26)17(23-24-20)15-9-5-4-6-10-15/h4-11,14H,1-3H3,(H,21,25)(H,22,24,26). The van der Waals surface area contributed by atoms with Gasteiger partial charge in [0.1, 0.15) is 0 Å². The van der Waals surface area contributed by atoms with Crippen LogP contribution in [0, 0.1) is 13.8 Å². The fourth-order valence-corrected chi connectivity index (χ4v) is 3.24. The van der Waals surface area contributed by atoms with Crippen LogP contribution < -0.4 is 10.9 Å². The van der Waals surface area contributed by atoms with Gasteiger partial charge in [-0.05, 0) is 38.0 Å². The van der Waals surface area contributed by atoms with Gasteiger partial charge >= 0.3 is 0 Å². The van der Waals surface area contributed by atoms with Crippen molar-refractivity contribution in [2.24, 2.45) is 0 Å². The number of amides is 1. The van der Waals surface area contributed by atoms with Crippen LogP contribution in [0.1, 0.15) is 18.1 Å². The highest BCUT2D eigenvalue weighted by Crippen LogP contribution is 2.22. The van der Waals surface area contributed by atoms with Crippen LogP contribution in [0.3, 0.4) is 0 Å². The largest absolute Gasteiger partial charge is 0.325 e. The third-order valence-corrected chi connectivity index (χ3v) is 5.22. The lowest BCUT2D eigenvalue weighted by molar-refractivity contribution is -0.115. The summed E-state index contributed by atoms with van der Waals surface area (Å²) in [5.74, 6) is -0.163. The topological polar surface area (TPSA) is 87.7 Å². The van der Waals surface area contributed by atoms with E-state index in [1.54, 1.807) is 19.1 Å². The van der Waals surface area contributed by atoms with E-state index in [1.165, 1.54) is 0 Å². The van der Waals surface area contributed by atoms with E-state index in [-0.39, 0.29) is 17.2 Å². The van der Waals surface area contributed by atoms with E-state index in [2.05, 4.69) is 20.5 Å². The second-order valence-electron chi connectivity index (χ2n) is 6.17. The third kappa shape index (κ3) is 4.43. The SMILES string of the molecule is Cc1cccc(NC(=O)C(C)Sc2nnc(-c3ccccc3)c(=O)[nH]2)c1C. The van der Waals surface area contributed by atoms with Gasteiger partial charge in [0.2, 0.25) is 5.91 Å². The maximum atomic E-state index is 12.5. The lowest BCUT2D eigenvalue weighted by atomic mass is 10.1. The van der Waals surface area contributed by atoms with Crippen molar-refractivity contribution < 1.29 is 4.79 Å². The van der Waals surface area contributed by atoms with Crippen LogP contribution in [-0.2, 0) is 4.79 Å². The molecular weight excluding hydrogens is 360 g/mol. The van der Waals surface area contributed by atoms with E-state index < -0.39 is 5.25 Å². The van der Waals surface area contributed by atoms with Crippen LogP contribution in [0.25, 0.3) is 11.3 Å². The Labute approximate surface area is 161 Å². The number of hydrogen-bond donors (Lipinski definition) is 2. The summed E-state index contributed by atoms with van der Waals surface area (Å²) in [6, 6.07) is 14.9. The Kier molecular flexibility index (Phi) is 5.71. The highest BCUT2D eigenvalue weighted by atomic mass is 32.2. The molecule has 0 aliphatic carbocycles. The van der Waals surface area contributed by atoms with Gasteiger partial charge in [0.15, 0.2) is 10.9 Å². The summed E-state index contributed by atoms with van der Waals surface area (Å²) in [5.41, 5.74) is 3.55. The van der Waals surface area contributed by atoms with E-state index in [9.17, 15) is 9.59 Å². The van der Waals surface area contributed by atoms with Crippen LogP contribution >= 0.6 is 11.8 Å². The van der Waals surface area contributed by atoms with E-state index in [1.807, 2.05) is 50.2 Å². The number of carbonyl (C=O) groups excluding carboxylic acids is 1. The summed E-state index contributed by atoms with van der Waals surface area (Å²) in [7, 11) is 0. The van der Waals surface area contributed by atoms with Crippen LogP contribution in [0.4, 0.5) is 5.69 Å². The molecule has 0 bridgehead atoms. The molecule has 0 saturated heterocycles. The molecule has 7 heteroatoms. The average Bonchev–Trinajstić information content (AvgIpc) is 2.66. The molecule has 3 rings (SSSR count). The van der Waals surface area contributed by atoms with Gasteiger partial charge in [0.25, 0.3) is 5.56 Å². The monoisotopic (exact) mass is 380 g/mol. The molecule has 0 aliphatic rings. The third-order valence-electron chi connectivity index (χ3n) is 4.24. The quantitative estimate of drug-likeness (QED) is 0.661. The number of aromatic amines is 1. The number of benzene rings is 2. The number of H-pyrrole nitrogens is 1. The predicted molar refractivity (Wildman–Crippen MR) is 108 cm³/mol. The van der Waals surface area contributed by atoms with Gasteiger partial charge in [-0.25, -0.2) is 0 Å². The number of aromatic nitrogens is 3. The first-order valence-electron chi connectivity index (χ1n) is 8.52. The fourth-order valence-electron chi connectivity index (χ4n) is 2.50. The summed E-state index contributed by atoms with van der Waals surface area (Å²) >= 11 is 1.16. The zero-order valence-corrected chi connectivity index (χ0v) is 16.1. The van der Waals surface area contributed by atoms with E-state index in [4.69, 9.17) is 0 Å². The summed E-state index contributed by atoms with van der Waals surface area (Å²) in [6.07, 6.45) is 0. The van der Waals surface area contributed by atoms with Gasteiger partial charge < -0.3 is 5.32 Å². The first-order chi connectivity index (χ1) is 13.0. The van der Waals surface area contributed by atoms with Gasteiger partial charge in [-0.2, -0.15) is 0 Å². The number of rotatable bonds is 5. The van der Waals surface area contributed by atoms with E-state index in [0.29, 0.717) is 10.7 Å². The minimum absolute atomic E-state index is 0.163. The first-order valence-corrected chi connectivity index (χ1v) is 9.40. The maximum Gasteiger partial charge on any atom is 0.278 e. The van der Waals surface area contributed by atoms with Crippen molar-refractivity contribution in [1.82, 2.24) is 15.2 Å². The summed E-state index contributed by atoms with van der Waals surface area (Å²) in [6.45, 7) is 5.72. The maximum absolute atomic E-state index is 12.5. The lowest BCUT2D eigenvalue weighted by Gasteiger charge is -2.14. The fraction of sp³-hybridized carbons (Fsp3) is 0.200. The second kappa shape index (κ2) is 8.18. The molecule has 0 fully saturated rings. The van der Waals surface area contributed by atoms with Gasteiger partial charge in [0.05, 0.1) is 5.25 Å². The molecule has 1 amide bonds. The molecule has 1 unspecified atom stereocenters. The van der Waals surface area contributed by atoms with E-state index in [0.717, 1.165) is 28.6 Å². The molecule has 0 radical (unpaired) electrons. The number of anilines is 1. The number of aryl methyl sites for hydroxylation is 1. The zero-order chi connectivity index (χ0) is 19.4. The van der Waals surface area contributed by atoms with Crippen LogP contribution in [0.2, 0.25) is 0 Å². The summed E-state index contributed by atoms with van der Waals surface area (Å²) < 4.78 is 0. The summed E-state index contributed by atoms with van der Waals surface area (Å²) in [4.78, 5) is 27.5. The van der Waals surface area contributed by atoms with Crippen molar-refractivity contribution >= 4 is 23.4 Å². The molecule has 0 saturated carbocycles. The molecule has 0 aliphatic heterocycles. The van der Waals surface area contributed by atoms with Crippen LogP contribution in [0.15, 0.2) is 58.5 Å². The van der Waals surface area contributed by atoms with Crippen molar-refractivity contribution in [3.63, 3.8) is 0 Å². The van der Waals surface area contributed by atoms with Gasteiger partial charge in [-0.15, -0.1) is 10.2 Å². The lowest BCUT2D eigenvalue weighted by Crippen LogP contribution is -2.24. The first kappa shape index (κ1) is 18.8. The molecule has 1 aromatic heterocycles.